The van der Waals surface area contributed by atoms with E-state index in [2.05, 4.69) is 30.0 Å². The van der Waals surface area contributed by atoms with E-state index in [0.717, 1.165) is 28.5 Å². The van der Waals surface area contributed by atoms with Crippen LogP contribution in [0, 0.1) is 12.8 Å². The zero-order chi connectivity index (χ0) is 26.9. The number of alkyl halides is 2. The molecule has 196 valence electrons. The number of ether oxygens (including phenoxy) is 1. The summed E-state index contributed by atoms with van der Waals surface area (Å²) in [5, 5.41) is 4.84. The second kappa shape index (κ2) is 13.6. The van der Waals surface area contributed by atoms with E-state index >= 15 is 0 Å². The summed E-state index contributed by atoms with van der Waals surface area (Å²) in [6.07, 6.45) is 6.12. The van der Waals surface area contributed by atoms with Gasteiger partial charge in [-0.05, 0) is 54.7 Å². The summed E-state index contributed by atoms with van der Waals surface area (Å²) >= 11 is 0. The number of ketones is 1. The van der Waals surface area contributed by atoms with E-state index < -0.39 is 5.66 Å². The van der Waals surface area contributed by atoms with Crippen LogP contribution in [0.15, 0.2) is 36.4 Å². The van der Waals surface area contributed by atoms with Crippen molar-refractivity contribution in [2.75, 3.05) is 33.9 Å². The van der Waals surface area contributed by atoms with Gasteiger partial charge in [0, 0.05) is 50.1 Å². The number of nitrogens with one attached hydrogen (secondary N) is 1. The number of hydrogen-bond acceptors (Lipinski definition) is 4. The molecule has 0 heterocycles. The van der Waals surface area contributed by atoms with Crippen molar-refractivity contribution in [2.24, 2.45) is 5.92 Å². The molecule has 1 aliphatic rings. The average molecular weight is 519 g/mol. The van der Waals surface area contributed by atoms with Crippen LogP contribution in [0.5, 0.6) is 0 Å². The van der Waals surface area contributed by atoms with Crippen LogP contribution in [0.4, 0.5) is 8.78 Å². The summed E-state index contributed by atoms with van der Waals surface area (Å²) in [7, 11) is 5.17. The molecular formula is C28H37F2N2O3P. The van der Waals surface area contributed by atoms with Crippen LogP contribution in [0.2, 0.25) is 0 Å². The SMILES string of the molecule is C=c1cc(C)c(C(=O)NCCOC)c/c1=C/N(C)CC1CCC1.CC(=O)c1ccc(C(F)(F)P)cc1. The van der Waals surface area contributed by atoms with Crippen LogP contribution in [-0.2, 0) is 10.4 Å². The van der Waals surface area contributed by atoms with Crippen molar-refractivity contribution in [2.45, 2.75) is 38.8 Å². The van der Waals surface area contributed by atoms with Gasteiger partial charge in [0.2, 0.25) is 0 Å². The molecular weight excluding hydrogens is 481 g/mol. The van der Waals surface area contributed by atoms with Gasteiger partial charge in [-0.3, -0.25) is 9.59 Å². The number of hydrogen-bond donors (Lipinski definition) is 1. The average Bonchev–Trinajstić information content (AvgIpc) is 2.78. The predicted molar refractivity (Wildman–Crippen MR) is 145 cm³/mol. The van der Waals surface area contributed by atoms with Gasteiger partial charge in [-0.15, -0.1) is 0 Å². The molecule has 36 heavy (non-hydrogen) atoms. The van der Waals surface area contributed by atoms with E-state index in [1.807, 2.05) is 19.1 Å². The van der Waals surface area contributed by atoms with E-state index in [1.54, 1.807) is 7.11 Å². The van der Waals surface area contributed by atoms with Crippen molar-refractivity contribution < 1.29 is 23.1 Å². The predicted octanol–water partition coefficient (Wildman–Crippen LogP) is 4.07. The fourth-order valence-corrected chi connectivity index (χ4v) is 4.00. The van der Waals surface area contributed by atoms with E-state index in [4.69, 9.17) is 4.74 Å². The van der Waals surface area contributed by atoms with E-state index in [-0.39, 0.29) is 17.3 Å². The van der Waals surface area contributed by atoms with E-state index in [0.29, 0.717) is 24.3 Å². The minimum Gasteiger partial charge on any atom is -0.383 e. The lowest BCUT2D eigenvalue weighted by Crippen LogP contribution is -2.34. The summed E-state index contributed by atoms with van der Waals surface area (Å²) in [5.74, 6) is 0.626. The van der Waals surface area contributed by atoms with Crippen LogP contribution >= 0.6 is 9.24 Å². The maximum atomic E-state index is 12.7. The van der Waals surface area contributed by atoms with Crippen molar-refractivity contribution in [1.82, 2.24) is 10.2 Å². The molecule has 1 saturated carbocycles. The minimum absolute atomic E-state index is 0.0594. The number of carbonyl (C=O) groups excluding carboxylic acids is 2. The van der Waals surface area contributed by atoms with Crippen molar-refractivity contribution >= 4 is 33.7 Å². The third-order valence-corrected chi connectivity index (χ3v) is 6.46. The quantitative estimate of drug-likeness (QED) is 0.309. The smallest absolute Gasteiger partial charge is 0.283 e. The van der Waals surface area contributed by atoms with Gasteiger partial charge in [0.25, 0.3) is 11.6 Å². The Morgan fingerprint density at radius 2 is 1.89 bits per heavy atom. The van der Waals surface area contributed by atoms with Crippen molar-refractivity contribution in [3.8, 4) is 0 Å². The molecule has 0 radical (unpaired) electrons. The Kier molecular flexibility index (Phi) is 11.2. The maximum Gasteiger partial charge on any atom is 0.283 e. The molecule has 8 heteroatoms. The van der Waals surface area contributed by atoms with Crippen molar-refractivity contribution in [3.63, 3.8) is 0 Å². The fourth-order valence-electron chi connectivity index (χ4n) is 3.81. The second-order valence-corrected chi connectivity index (χ2v) is 9.96. The first-order valence-electron chi connectivity index (χ1n) is 12.0. The first-order chi connectivity index (χ1) is 16.9. The molecule has 1 unspecified atom stereocenters. The Labute approximate surface area is 214 Å². The van der Waals surface area contributed by atoms with Crippen molar-refractivity contribution in [1.29, 1.82) is 0 Å². The van der Waals surface area contributed by atoms with Gasteiger partial charge in [-0.25, -0.2) is 0 Å². The fraction of sp³-hybridized carbons (Fsp3) is 0.429. The second-order valence-electron chi connectivity index (χ2n) is 9.24. The molecule has 0 aromatic heterocycles. The Balaban J connectivity index is 0.000000297. The first-order valence-corrected chi connectivity index (χ1v) is 12.6. The summed E-state index contributed by atoms with van der Waals surface area (Å²) in [4.78, 5) is 25.3. The minimum atomic E-state index is -2.92. The van der Waals surface area contributed by atoms with Crippen LogP contribution in [-0.4, -0.2) is 50.4 Å². The molecule has 3 rings (SSSR count). The Morgan fingerprint density at radius 1 is 1.25 bits per heavy atom. The van der Waals surface area contributed by atoms with Gasteiger partial charge in [0.15, 0.2) is 5.78 Å². The largest absolute Gasteiger partial charge is 0.383 e. The lowest BCUT2D eigenvalue weighted by Gasteiger charge is -2.29. The van der Waals surface area contributed by atoms with E-state index in [1.165, 1.54) is 59.7 Å². The molecule has 1 aliphatic carbocycles. The van der Waals surface area contributed by atoms with Crippen LogP contribution in [0.25, 0.3) is 12.8 Å². The zero-order valence-electron chi connectivity index (χ0n) is 21.6. The summed E-state index contributed by atoms with van der Waals surface area (Å²) in [6.45, 7) is 9.56. The summed E-state index contributed by atoms with van der Waals surface area (Å²) < 4.78 is 30.3. The highest BCUT2D eigenvalue weighted by Crippen LogP contribution is 2.34. The molecule has 2 aromatic carbocycles. The maximum absolute atomic E-state index is 12.7. The highest BCUT2D eigenvalue weighted by Gasteiger charge is 2.24. The highest BCUT2D eigenvalue weighted by atomic mass is 31.0. The molecule has 0 aliphatic heterocycles. The molecule has 1 fully saturated rings. The normalized spacial score (nSPS) is 13.9. The number of rotatable bonds is 9. The number of carbonyl (C=O) groups is 2. The monoisotopic (exact) mass is 518 g/mol. The number of halogens is 2. The Bertz CT molecular complexity index is 1140. The number of aryl methyl sites for hydroxylation is 1. The molecule has 5 nitrogen and oxygen atoms in total. The third-order valence-electron chi connectivity index (χ3n) is 6.13. The van der Waals surface area contributed by atoms with Crippen LogP contribution in [0.3, 0.4) is 0 Å². The summed E-state index contributed by atoms with van der Waals surface area (Å²) in [6, 6.07) is 9.23. The number of Topliss-reactive ketones (excluding diaryl/α,β-unsaturated/α-hetero) is 1. The molecule has 1 N–H and O–H groups in total. The molecule has 0 saturated heterocycles. The van der Waals surface area contributed by atoms with Gasteiger partial charge >= 0.3 is 0 Å². The van der Waals surface area contributed by atoms with Gasteiger partial charge in [-0.1, -0.05) is 52.6 Å². The van der Waals surface area contributed by atoms with Gasteiger partial charge in [-0.2, -0.15) is 8.78 Å². The zero-order valence-corrected chi connectivity index (χ0v) is 22.7. The number of nitrogens with zero attached hydrogens (tertiary/aromatic N) is 1. The van der Waals surface area contributed by atoms with Crippen molar-refractivity contribution in [3.05, 3.63) is 69.1 Å². The third kappa shape index (κ3) is 9.11. The molecule has 0 bridgehead atoms. The highest BCUT2D eigenvalue weighted by molar-refractivity contribution is 7.17. The van der Waals surface area contributed by atoms with Gasteiger partial charge in [0.1, 0.15) is 0 Å². The van der Waals surface area contributed by atoms with E-state index in [9.17, 15) is 18.4 Å². The standard InChI is InChI=1S/C19H28N2O2.C9H9F2OP/c1-14-10-15(2)18(19(22)20-8-9-23-4)11-17(14)13-21(3)12-16-6-5-7-16;1-6(12)7-2-4-8(5-3-7)9(10,11)13/h10-11,13,16H,1,5-9,12H2,2-4H3,(H,20,22);2-5H,13H2,1H3/b17-13-;. The summed E-state index contributed by atoms with van der Waals surface area (Å²) in [5.41, 5.74) is -0.934. The van der Waals surface area contributed by atoms with Gasteiger partial charge < -0.3 is 15.0 Å². The molecule has 0 spiro atoms. The first kappa shape index (κ1) is 29.6. The molecule has 2 aromatic rings. The lowest BCUT2D eigenvalue weighted by molar-refractivity contribution is 0.0935. The molecule has 1 atom stereocenters. The van der Waals surface area contributed by atoms with Gasteiger partial charge in [0.05, 0.1) is 6.61 Å². The number of methoxy groups -OCH3 is 1. The number of amides is 1. The Hall–Kier alpha value is -2.63. The molecule has 1 amide bonds. The lowest BCUT2D eigenvalue weighted by atomic mass is 9.85. The van der Waals surface area contributed by atoms with Crippen LogP contribution < -0.4 is 15.8 Å². The van der Waals surface area contributed by atoms with Crippen LogP contribution in [0.1, 0.15) is 58.0 Å². The Morgan fingerprint density at radius 3 is 2.39 bits per heavy atom. The topological polar surface area (TPSA) is 58.6 Å². The number of benzene rings is 2.